The van der Waals surface area contributed by atoms with Crippen molar-refractivity contribution in [2.45, 2.75) is 33.2 Å². The van der Waals surface area contributed by atoms with Crippen molar-refractivity contribution in [3.8, 4) is 0 Å². The van der Waals surface area contributed by atoms with Gasteiger partial charge in [-0.15, -0.1) is 0 Å². The molecule has 2 heterocycles. The summed E-state index contributed by atoms with van der Waals surface area (Å²) in [5.74, 6) is 1.84. The quantitative estimate of drug-likeness (QED) is 0.846. The van der Waals surface area contributed by atoms with Crippen LogP contribution in [0.15, 0.2) is 18.3 Å². The van der Waals surface area contributed by atoms with Crippen molar-refractivity contribution in [1.82, 2.24) is 10.3 Å². The monoisotopic (exact) mass is 233 g/mol. The van der Waals surface area contributed by atoms with E-state index in [2.05, 4.69) is 41.2 Å². The minimum atomic E-state index is 0.701. The van der Waals surface area contributed by atoms with Gasteiger partial charge in [0.05, 0.1) is 0 Å². The Bertz CT molecular complexity index is 326. The van der Waals surface area contributed by atoms with Gasteiger partial charge in [0.2, 0.25) is 0 Å². The minimum absolute atomic E-state index is 0.701. The highest BCUT2D eigenvalue weighted by molar-refractivity contribution is 5.40. The maximum atomic E-state index is 4.54. The van der Waals surface area contributed by atoms with Crippen LogP contribution in [0.2, 0.25) is 0 Å². The number of aromatic nitrogens is 1. The predicted molar refractivity (Wildman–Crippen MR) is 72.2 cm³/mol. The highest BCUT2D eigenvalue weighted by atomic mass is 15.2. The van der Waals surface area contributed by atoms with E-state index >= 15 is 0 Å². The number of nitrogens with one attached hydrogen (secondary N) is 1. The molecular formula is C14H23N3. The molecule has 0 radical (unpaired) electrons. The number of rotatable bonds is 5. The van der Waals surface area contributed by atoms with Gasteiger partial charge in [-0.2, -0.15) is 0 Å². The van der Waals surface area contributed by atoms with Crippen molar-refractivity contribution in [1.29, 1.82) is 0 Å². The summed E-state index contributed by atoms with van der Waals surface area (Å²) in [7, 11) is 0. The van der Waals surface area contributed by atoms with Crippen LogP contribution in [-0.4, -0.2) is 24.6 Å². The molecule has 3 heteroatoms. The topological polar surface area (TPSA) is 28.2 Å². The molecule has 94 valence electrons. The lowest BCUT2D eigenvalue weighted by Crippen LogP contribution is -2.20. The molecule has 0 amide bonds. The molecule has 1 fully saturated rings. The molecule has 0 bridgehead atoms. The number of hydrogen-bond donors (Lipinski definition) is 1. The maximum Gasteiger partial charge on any atom is 0.128 e. The molecule has 2 rings (SSSR count). The molecule has 1 saturated heterocycles. The SMILES string of the molecule is CC(C)CNCc1ccc(N2CCCC2)nc1. The third-order valence-electron chi connectivity index (χ3n) is 3.12. The Morgan fingerprint density at radius 3 is 2.65 bits per heavy atom. The zero-order valence-electron chi connectivity index (χ0n) is 10.9. The first-order valence-corrected chi connectivity index (χ1v) is 6.66. The zero-order valence-corrected chi connectivity index (χ0v) is 10.9. The van der Waals surface area contributed by atoms with E-state index in [0.717, 1.165) is 32.0 Å². The highest BCUT2D eigenvalue weighted by Gasteiger charge is 2.12. The highest BCUT2D eigenvalue weighted by Crippen LogP contribution is 2.17. The van der Waals surface area contributed by atoms with Crippen molar-refractivity contribution < 1.29 is 0 Å². The number of hydrogen-bond acceptors (Lipinski definition) is 3. The fraction of sp³-hybridized carbons (Fsp3) is 0.643. The Kier molecular flexibility index (Phi) is 4.37. The van der Waals surface area contributed by atoms with Crippen LogP contribution in [0.4, 0.5) is 5.82 Å². The number of pyridine rings is 1. The van der Waals surface area contributed by atoms with E-state index in [9.17, 15) is 0 Å². The molecule has 1 N–H and O–H groups in total. The average Bonchev–Trinajstić information content (AvgIpc) is 2.83. The summed E-state index contributed by atoms with van der Waals surface area (Å²) in [6, 6.07) is 4.34. The minimum Gasteiger partial charge on any atom is -0.357 e. The van der Waals surface area contributed by atoms with Gasteiger partial charge in [-0.25, -0.2) is 4.98 Å². The van der Waals surface area contributed by atoms with E-state index in [-0.39, 0.29) is 0 Å². The lowest BCUT2D eigenvalue weighted by atomic mass is 10.2. The van der Waals surface area contributed by atoms with E-state index < -0.39 is 0 Å². The first-order chi connectivity index (χ1) is 8.25. The molecule has 0 aliphatic carbocycles. The van der Waals surface area contributed by atoms with Crippen molar-refractivity contribution in [2.24, 2.45) is 5.92 Å². The first kappa shape index (κ1) is 12.4. The van der Waals surface area contributed by atoms with Crippen LogP contribution >= 0.6 is 0 Å². The van der Waals surface area contributed by atoms with Crippen molar-refractivity contribution in [3.05, 3.63) is 23.9 Å². The molecule has 0 unspecified atom stereocenters. The second-order valence-corrected chi connectivity index (χ2v) is 5.24. The van der Waals surface area contributed by atoms with E-state index in [4.69, 9.17) is 0 Å². The Hall–Kier alpha value is -1.09. The van der Waals surface area contributed by atoms with E-state index in [0.29, 0.717) is 5.92 Å². The second-order valence-electron chi connectivity index (χ2n) is 5.24. The molecule has 0 aromatic carbocycles. The lowest BCUT2D eigenvalue weighted by molar-refractivity contribution is 0.552. The van der Waals surface area contributed by atoms with Crippen LogP contribution in [0.5, 0.6) is 0 Å². The Labute approximate surface area is 104 Å². The molecule has 3 nitrogen and oxygen atoms in total. The summed E-state index contributed by atoms with van der Waals surface area (Å²) < 4.78 is 0. The van der Waals surface area contributed by atoms with Gasteiger partial charge in [0.15, 0.2) is 0 Å². The van der Waals surface area contributed by atoms with Gasteiger partial charge in [-0.3, -0.25) is 0 Å². The molecule has 1 aliphatic rings. The third-order valence-corrected chi connectivity index (χ3v) is 3.12. The molecule has 1 aromatic heterocycles. The standard InChI is InChI=1S/C14H23N3/c1-12(2)9-15-10-13-5-6-14(16-11-13)17-7-3-4-8-17/h5-6,11-12,15H,3-4,7-10H2,1-2H3. The van der Waals surface area contributed by atoms with Gasteiger partial charge in [0.25, 0.3) is 0 Å². The van der Waals surface area contributed by atoms with Crippen LogP contribution < -0.4 is 10.2 Å². The molecule has 1 aromatic rings. The largest absolute Gasteiger partial charge is 0.357 e. The average molecular weight is 233 g/mol. The summed E-state index contributed by atoms with van der Waals surface area (Å²) in [5.41, 5.74) is 1.27. The third kappa shape index (κ3) is 3.70. The molecule has 1 aliphatic heterocycles. The van der Waals surface area contributed by atoms with E-state index in [1.165, 1.54) is 18.4 Å². The normalized spacial score (nSPS) is 15.8. The van der Waals surface area contributed by atoms with Crippen LogP contribution in [0, 0.1) is 5.92 Å². The van der Waals surface area contributed by atoms with Crippen molar-refractivity contribution in [3.63, 3.8) is 0 Å². The number of anilines is 1. The first-order valence-electron chi connectivity index (χ1n) is 6.66. The van der Waals surface area contributed by atoms with Gasteiger partial charge >= 0.3 is 0 Å². The van der Waals surface area contributed by atoms with Crippen LogP contribution in [0.25, 0.3) is 0 Å². The van der Waals surface area contributed by atoms with Gasteiger partial charge in [0.1, 0.15) is 5.82 Å². The van der Waals surface area contributed by atoms with Crippen molar-refractivity contribution in [2.75, 3.05) is 24.5 Å². The van der Waals surface area contributed by atoms with Crippen molar-refractivity contribution >= 4 is 5.82 Å². The Morgan fingerprint density at radius 2 is 2.06 bits per heavy atom. The summed E-state index contributed by atoms with van der Waals surface area (Å²) >= 11 is 0. The molecule has 0 spiro atoms. The Balaban J connectivity index is 1.84. The molecule has 0 saturated carbocycles. The molecule has 0 atom stereocenters. The smallest absolute Gasteiger partial charge is 0.128 e. The van der Waals surface area contributed by atoms with Crippen LogP contribution in [-0.2, 0) is 6.54 Å². The summed E-state index contributed by atoms with van der Waals surface area (Å²) in [5, 5.41) is 3.44. The predicted octanol–water partition coefficient (Wildman–Crippen LogP) is 2.43. The van der Waals surface area contributed by atoms with Gasteiger partial charge in [0, 0.05) is 25.8 Å². The second kappa shape index (κ2) is 6.01. The fourth-order valence-electron chi connectivity index (χ4n) is 2.16. The maximum absolute atomic E-state index is 4.54. The van der Waals surface area contributed by atoms with Gasteiger partial charge in [-0.05, 0) is 36.9 Å². The summed E-state index contributed by atoms with van der Waals surface area (Å²) in [6.45, 7) is 8.76. The van der Waals surface area contributed by atoms with Crippen LogP contribution in [0.1, 0.15) is 32.3 Å². The van der Waals surface area contributed by atoms with E-state index in [1.807, 2.05) is 6.20 Å². The fourth-order valence-corrected chi connectivity index (χ4v) is 2.16. The van der Waals surface area contributed by atoms with Gasteiger partial charge in [-0.1, -0.05) is 19.9 Å². The van der Waals surface area contributed by atoms with Gasteiger partial charge < -0.3 is 10.2 Å². The summed E-state index contributed by atoms with van der Waals surface area (Å²) in [6.07, 6.45) is 4.61. The molecular weight excluding hydrogens is 210 g/mol. The lowest BCUT2D eigenvalue weighted by Gasteiger charge is -2.16. The summed E-state index contributed by atoms with van der Waals surface area (Å²) in [4.78, 5) is 6.91. The zero-order chi connectivity index (χ0) is 12.1. The Morgan fingerprint density at radius 1 is 1.29 bits per heavy atom. The molecule has 17 heavy (non-hydrogen) atoms. The van der Waals surface area contributed by atoms with E-state index in [1.54, 1.807) is 0 Å². The number of nitrogens with zero attached hydrogens (tertiary/aromatic N) is 2. The van der Waals surface area contributed by atoms with Crippen LogP contribution in [0.3, 0.4) is 0 Å².